The number of carbonyl (C=O) groups excluding carboxylic acids is 1. The summed E-state index contributed by atoms with van der Waals surface area (Å²) in [7, 11) is 0. The van der Waals surface area contributed by atoms with Crippen LogP contribution in [0.15, 0.2) is 54.6 Å². The van der Waals surface area contributed by atoms with Gasteiger partial charge in [0.1, 0.15) is 12.4 Å². The summed E-state index contributed by atoms with van der Waals surface area (Å²) in [5.74, 6) is 0.880. The van der Waals surface area contributed by atoms with Gasteiger partial charge in [0.15, 0.2) is 0 Å². The first kappa shape index (κ1) is 19.7. The summed E-state index contributed by atoms with van der Waals surface area (Å²) in [6, 6.07) is 17.0. The predicted molar refractivity (Wildman–Crippen MR) is 109 cm³/mol. The number of nitrogens with zero attached hydrogens (tertiary/aromatic N) is 2. The molecule has 2 aromatic rings. The normalized spacial score (nSPS) is 16.7. The van der Waals surface area contributed by atoms with E-state index in [9.17, 15) is 4.79 Å². The average molecular weight is 388 g/mol. The van der Waals surface area contributed by atoms with E-state index in [4.69, 9.17) is 16.3 Å². The molecule has 1 unspecified atom stereocenters. The van der Waals surface area contributed by atoms with Gasteiger partial charge in [-0.1, -0.05) is 41.9 Å². The first-order valence-electron chi connectivity index (χ1n) is 9.33. The van der Waals surface area contributed by atoms with Crippen LogP contribution < -0.4 is 10.1 Å². The maximum atomic E-state index is 12.5. The van der Waals surface area contributed by atoms with Gasteiger partial charge in [0.05, 0.1) is 16.8 Å². The third-order valence-corrected chi connectivity index (χ3v) is 5.21. The lowest BCUT2D eigenvalue weighted by Crippen LogP contribution is -2.53. The summed E-state index contributed by atoms with van der Waals surface area (Å²) >= 11 is 6.12. The molecular weight excluding hydrogens is 362 g/mol. The molecule has 6 heteroatoms. The van der Waals surface area contributed by atoms with Crippen LogP contribution in [0.3, 0.4) is 0 Å². The van der Waals surface area contributed by atoms with Crippen molar-refractivity contribution in [3.63, 3.8) is 0 Å². The first-order chi connectivity index (χ1) is 13.1. The zero-order chi connectivity index (χ0) is 19.1. The number of ether oxygens (including phenoxy) is 1. The second-order valence-corrected chi connectivity index (χ2v) is 7.09. The van der Waals surface area contributed by atoms with Gasteiger partial charge in [-0.15, -0.1) is 0 Å². The molecule has 1 saturated heterocycles. The number of benzene rings is 2. The number of carbonyl (C=O) groups is 1. The minimum atomic E-state index is -0.191. The van der Waals surface area contributed by atoms with Crippen LogP contribution in [-0.4, -0.2) is 61.1 Å². The number of halogens is 1. The van der Waals surface area contributed by atoms with Crippen LogP contribution in [0.1, 0.15) is 6.92 Å². The number of anilines is 1. The zero-order valence-electron chi connectivity index (χ0n) is 15.6. The van der Waals surface area contributed by atoms with Gasteiger partial charge in [-0.2, -0.15) is 0 Å². The minimum Gasteiger partial charge on any atom is -0.492 e. The van der Waals surface area contributed by atoms with Crippen molar-refractivity contribution in [3.05, 3.63) is 59.6 Å². The smallest absolute Gasteiger partial charge is 0.241 e. The Morgan fingerprint density at radius 3 is 2.44 bits per heavy atom. The second kappa shape index (κ2) is 9.74. The highest BCUT2D eigenvalue weighted by Gasteiger charge is 2.25. The highest BCUT2D eigenvalue weighted by molar-refractivity contribution is 6.33. The summed E-state index contributed by atoms with van der Waals surface area (Å²) in [6.45, 7) is 7.10. The number of amides is 1. The molecule has 1 fully saturated rings. The topological polar surface area (TPSA) is 44.8 Å². The van der Waals surface area contributed by atoms with Crippen molar-refractivity contribution in [1.82, 2.24) is 9.80 Å². The summed E-state index contributed by atoms with van der Waals surface area (Å²) in [5.41, 5.74) is 0.660. The maximum Gasteiger partial charge on any atom is 0.241 e. The molecule has 1 N–H and O–H groups in total. The van der Waals surface area contributed by atoms with Crippen molar-refractivity contribution in [2.24, 2.45) is 0 Å². The Hall–Kier alpha value is -2.08. The maximum absolute atomic E-state index is 12.5. The molecule has 0 radical (unpaired) electrons. The lowest BCUT2D eigenvalue weighted by atomic mass is 10.2. The summed E-state index contributed by atoms with van der Waals surface area (Å²) in [4.78, 5) is 17.1. The van der Waals surface area contributed by atoms with E-state index < -0.39 is 0 Å². The molecule has 144 valence electrons. The third-order valence-electron chi connectivity index (χ3n) is 4.89. The van der Waals surface area contributed by atoms with Gasteiger partial charge in [-0.25, -0.2) is 0 Å². The SMILES string of the molecule is CC(C(=O)Nc1ccccc1Cl)N1CCN(CCOc2ccccc2)CC1. The number of rotatable bonds is 7. The van der Waals surface area contributed by atoms with Crippen LogP contribution in [-0.2, 0) is 4.79 Å². The Balaban J connectivity index is 1.40. The Labute approximate surface area is 165 Å². The summed E-state index contributed by atoms with van der Waals surface area (Å²) < 4.78 is 5.77. The van der Waals surface area contributed by atoms with Gasteiger partial charge in [-0.3, -0.25) is 14.6 Å². The van der Waals surface area contributed by atoms with Crippen LogP contribution in [0, 0.1) is 0 Å². The number of nitrogens with one attached hydrogen (secondary N) is 1. The van der Waals surface area contributed by atoms with Gasteiger partial charge in [-0.05, 0) is 31.2 Å². The van der Waals surface area contributed by atoms with Crippen molar-refractivity contribution in [3.8, 4) is 5.75 Å². The van der Waals surface area contributed by atoms with Crippen molar-refractivity contribution < 1.29 is 9.53 Å². The summed E-state index contributed by atoms with van der Waals surface area (Å²) in [5, 5.41) is 3.48. The molecule has 1 aliphatic heterocycles. The molecule has 2 aromatic carbocycles. The number of hydrogen-bond donors (Lipinski definition) is 1. The first-order valence-corrected chi connectivity index (χ1v) is 9.71. The third kappa shape index (κ3) is 5.70. The zero-order valence-corrected chi connectivity index (χ0v) is 16.4. The molecule has 0 spiro atoms. The van der Waals surface area contributed by atoms with E-state index in [1.165, 1.54) is 0 Å². The number of hydrogen-bond acceptors (Lipinski definition) is 4. The van der Waals surface area contributed by atoms with Crippen LogP contribution in [0.5, 0.6) is 5.75 Å². The lowest BCUT2D eigenvalue weighted by molar-refractivity contribution is -0.121. The Bertz CT molecular complexity index is 733. The molecule has 1 amide bonds. The van der Waals surface area contributed by atoms with Crippen LogP contribution in [0.25, 0.3) is 0 Å². The van der Waals surface area contributed by atoms with E-state index in [-0.39, 0.29) is 11.9 Å². The largest absolute Gasteiger partial charge is 0.492 e. The number of piperazine rings is 1. The van der Waals surface area contributed by atoms with Crippen molar-refractivity contribution >= 4 is 23.2 Å². The predicted octanol–water partition coefficient (Wildman–Crippen LogP) is 3.36. The van der Waals surface area contributed by atoms with E-state index in [2.05, 4.69) is 15.1 Å². The van der Waals surface area contributed by atoms with Gasteiger partial charge in [0.2, 0.25) is 5.91 Å². The highest BCUT2D eigenvalue weighted by Crippen LogP contribution is 2.21. The van der Waals surface area contributed by atoms with E-state index in [1.54, 1.807) is 6.07 Å². The molecule has 27 heavy (non-hydrogen) atoms. The van der Waals surface area contributed by atoms with E-state index >= 15 is 0 Å². The molecule has 1 aliphatic rings. The Morgan fingerprint density at radius 1 is 1.07 bits per heavy atom. The van der Waals surface area contributed by atoms with Crippen molar-refractivity contribution in [2.45, 2.75) is 13.0 Å². The van der Waals surface area contributed by atoms with Gasteiger partial charge >= 0.3 is 0 Å². The van der Waals surface area contributed by atoms with Crippen LogP contribution >= 0.6 is 11.6 Å². The average Bonchev–Trinajstić information content (AvgIpc) is 2.70. The van der Waals surface area contributed by atoms with Gasteiger partial charge in [0, 0.05) is 32.7 Å². The Kier molecular flexibility index (Phi) is 7.10. The van der Waals surface area contributed by atoms with Crippen LogP contribution in [0.4, 0.5) is 5.69 Å². The van der Waals surface area contributed by atoms with Crippen molar-refractivity contribution in [1.29, 1.82) is 0 Å². The van der Waals surface area contributed by atoms with E-state index in [0.717, 1.165) is 38.5 Å². The molecule has 1 atom stereocenters. The molecule has 0 bridgehead atoms. The molecule has 0 aromatic heterocycles. The van der Waals surface area contributed by atoms with Gasteiger partial charge in [0.25, 0.3) is 0 Å². The lowest BCUT2D eigenvalue weighted by Gasteiger charge is -2.37. The monoisotopic (exact) mass is 387 g/mol. The standard InChI is InChI=1S/C21H26ClN3O2/c1-17(21(26)23-20-10-6-5-9-19(20)22)25-13-11-24(12-14-25)15-16-27-18-7-3-2-4-8-18/h2-10,17H,11-16H2,1H3,(H,23,26). The second-order valence-electron chi connectivity index (χ2n) is 6.68. The summed E-state index contributed by atoms with van der Waals surface area (Å²) in [6.07, 6.45) is 0. The molecular formula is C21H26ClN3O2. The fraction of sp³-hybridized carbons (Fsp3) is 0.381. The van der Waals surface area contributed by atoms with Crippen LogP contribution in [0.2, 0.25) is 5.02 Å². The van der Waals surface area contributed by atoms with Crippen molar-refractivity contribution in [2.75, 3.05) is 44.6 Å². The quantitative estimate of drug-likeness (QED) is 0.791. The fourth-order valence-electron chi connectivity index (χ4n) is 3.15. The fourth-order valence-corrected chi connectivity index (χ4v) is 3.33. The molecule has 1 heterocycles. The van der Waals surface area contributed by atoms with E-state index in [0.29, 0.717) is 17.3 Å². The molecule has 3 rings (SSSR count). The number of para-hydroxylation sites is 2. The van der Waals surface area contributed by atoms with Gasteiger partial charge < -0.3 is 10.1 Å². The van der Waals surface area contributed by atoms with E-state index in [1.807, 2.05) is 55.5 Å². The molecule has 5 nitrogen and oxygen atoms in total. The minimum absolute atomic E-state index is 0.0241. The Morgan fingerprint density at radius 2 is 1.74 bits per heavy atom. The highest BCUT2D eigenvalue weighted by atomic mass is 35.5. The molecule has 0 saturated carbocycles. The molecule has 0 aliphatic carbocycles.